The number of hydrogen-bond acceptors (Lipinski definition) is 4. The summed E-state index contributed by atoms with van der Waals surface area (Å²) in [5.74, 6) is 0.940. The molecule has 0 aliphatic carbocycles. The van der Waals surface area contributed by atoms with Crippen molar-refractivity contribution < 1.29 is 19.4 Å². The van der Waals surface area contributed by atoms with Gasteiger partial charge in [0.2, 0.25) is 0 Å². The number of halogens is 1. The van der Waals surface area contributed by atoms with Crippen LogP contribution in [0.3, 0.4) is 0 Å². The van der Waals surface area contributed by atoms with E-state index in [2.05, 4.69) is 18.2 Å². The van der Waals surface area contributed by atoms with Crippen LogP contribution in [-0.4, -0.2) is 30.5 Å². The lowest BCUT2D eigenvalue weighted by molar-refractivity contribution is -0.139. The highest BCUT2D eigenvalue weighted by Gasteiger charge is 2.08. The van der Waals surface area contributed by atoms with Gasteiger partial charge < -0.3 is 14.6 Å². The van der Waals surface area contributed by atoms with Crippen LogP contribution in [0.15, 0.2) is 83.8 Å². The lowest BCUT2D eigenvalue weighted by atomic mass is 9.98. The molecule has 0 atom stereocenters. The number of ether oxygens (including phenoxy) is 2. The zero-order chi connectivity index (χ0) is 21.3. The second-order valence-corrected chi connectivity index (χ2v) is 7.77. The highest BCUT2D eigenvalue weighted by atomic mass is 35.5. The van der Waals surface area contributed by atoms with Crippen molar-refractivity contribution in [2.75, 3.05) is 19.5 Å². The average Bonchev–Trinajstić information content (AvgIpc) is 2.77. The summed E-state index contributed by atoms with van der Waals surface area (Å²) in [6.07, 6.45) is 2.17. The second-order valence-electron chi connectivity index (χ2n) is 6.30. The highest BCUT2D eigenvalue weighted by Crippen LogP contribution is 2.32. The smallest absolute Gasteiger partial charge is 0.341 e. The topological polar surface area (TPSA) is 55.8 Å². The van der Waals surface area contributed by atoms with Gasteiger partial charge in [-0.15, -0.1) is 11.8 Å². The first-order valence-corrected chi connectivity index (χ1v) is 10.6. The molecule has 4 nitrogen and oxygen atoms in total. The Morgan fingerprint density at radius 3 is 2.30 bits per heavy atom. The first-order chi connectivity index (χ1) is 14.6. The molecular formula is C24H21ClO4S. The molecule has 0 heterocycles. The molecule has 6 heteroatoms. The maximum Gasteiger partial charge on any atom is 0.341 e. The summed E-state index contributed by atoms with van der Waals surface area (Å²) in [5.41, 5.74) is 3.36. The SMILES string of the molecule is COc1ccc(C(=CCSc2ccc(OCC(=O)O)cc2Cl)c2ccccc2)cc1. The van der Waals surface area contributed by atoms with E-state index in [1.165, 1.54) is 0 Å². The van der Waals surface area contributed by atoms with E-state index in [0.29, 0.717) is 16.5 Å². The van der Waals surface area contributed by atoms with E-state index in [1.807, 2.05) is 48.5 Å². The molecule has 3 rings (SSSR count). The first kappa shape index (κ1) is 21.8. The van der Waals surface area contributed by atoms with E-state index in [-0.39, 0.29) is 0 Å². The third kappa shape index (κ3) is 6.05. The van der Waals surface area contributed by atoms with Gasteiger partial charge in [0.25, 0.3) is 0 Å². The number of methoxy groups -OCH3 is 1. The van der Waals surface area contributed by atoms with Gasteiger partial charge in [0.1, 0.15) is 11.5 Å². The Balaban J connectivity index is 1.77. The largest absolute Gasteiger partial charge is 0.497 e. The molecule has 0 bridgehead atoms. The van der Waals surface area contributed by atoms with Crippen molar-refractivity contribution in [1.82, 2.24) is 0 Å². The fourth-order valence-corrected chi connectivity index (χ4v) is 3.96. The molecule has 1 N–H and O–H groups in total. The highest BCUT2D eigenvalue weighted by molar-refractivity contribution is 7.99. The van der Waals surface area contributed by atoms with Crippen molar-refractivity contribution in [1.29, 1.82) is 0 Å². The molecule has 0 radical (unpaired) electrons. The van der Waals surface area contributed by atoms with Crippen LogP contribution in [-0.2, 0) is 4.79 Å². The third-order valence-electron chi connectivity index (χ3n) is 4.28. The zero-order valence-electron chi connectivity index (χ0n) is 16.4. The van der Waals surface area contributed by atoms with Crippen LogP contribution in [0.1, 0.15) is 11.1 Å². The summed E-state index contributed by atoms with van der Waals surface area (Å²) in [7, 11) is 1.65. The van der Waals surface area contributed by atoms with E-state index < -0.39 is 12.6 Å². The van der Waals surface area contributed by atoms with Crippen molar-refractivity contribution in [3.63, 3.8) is 0 Å². The molecule has 0 unspecified atom stereocenters. The lowest BCUT2D eigenvalue weighted by Gasteiger charge is -2.11. The van der Waals surface area contributed by atoms with Gasteiger partial charge in [0, 0.05) is 10.6 Å². The van der Waals surface area contributed by atoms with Gasteiger partial charge in [-0.05, 0) is 47.0 Å². The molecule has 0 saturated heterocycles. The van der Waals surface area contributed by atoms with E-state index in [0.717, 1.165) is 27.3 Å². The van der Waals surface area contributed by atoms with Crippen molar-refractivity contribution in [3.8, 4) is 11.5 Å². The van der Waals surface area contributed by atoms with Gasteiger partial charge in [0.15, 0.2) is 6.61 Å². The maximum absolute atomic E-state index is 10.6. The standard InChI is InChI=1S/C24H21ClO4S/c1-28-19-9-7-18(8-10-19)21(17-5-3-2-4-6-17)13-14-30-23-12-11-20(15-22(23)25)29-16-24(26)27/h2-13,15H,14,16H2,1H3,(H,26,27). The van der Waals surface area contributed by atoms with Gasteiger partial charge in [-0.25, -0.2) is 4.79 Å². The number of hydrogen-bond donors (Lipinski definition) is 1. The van der Waals surface area contributed by atoms with Gasteiger partial charge in [-0.3, -0.25) is 0 Å². The molecular weight excluding hydrogens is 420 g/mol. The van der Waals surface area contributed by atoms with Gasteiger partial charge in [0.05, 0.1) is 12.1 Å². The Morgan fingerprint density at radius 2 is 1.67 bits per heavy atom. The fraction of sp³-hybridized carbons (Fsp3) is 0.125. The Hall–Kier alpha value is -2.89. The number of rotatable bonds is 9. The second kappa shape index (κ2) is 10.8. The number of carboxylic acid groups (broad SMARTS) is 1. The van der Waals surface area contributed by atoms with E-state index in [1.54, 1.807) is 31.0 Å². The summed E-state index contributed by atoms with van der Waals surface area (Å²) in [5, 5.41) is 9.24. The van der Waals surface area contributed by atoms with E-state index in [9.17, 15) is 4.79 Å². The lowest BCUT2D eigenvalue weighted by Crippen LogP contribution is -2.09. The Morgan fingerprint density at radius 1 is 1.00 bits per heavy atom. The van der Waals surface area contributed by atoms with Gasteiger partial charge in [-0.1, -0.05) is 60.1 Å². The van der Waals surface area contributed by atoms with Gasteiger partial charge >= 0.3 is 5.97 Å². The number of carbonyl (C=O) groups is 1. The van der Waals surface area contributed by atoms with Crippen LogP contribution in [0.25, 0.3) is 5.57 Å². The summed E-state index contributed by atoms with van der Waals surface area (Å²) < 4.78 is 10.4. The van der Waals surface area contributed by atoms with Crippen molar-refractivity contribution >= 4 is 34.9 Å². The monoisotopic (exact) mass is 440 g/mol. The minimum Gasteiger partial charge on any atom is -0.497 e. The quantitative estimate of drug-likeness (QED) is 0.411. The summed E-state index contributed by atoms with van der Waals surface area (Å²) >= 11 is 7.95. The summed E-state index contributed by atoms with van der Waals surface area (Å²) in [6, 6.07) is 23.4. The number of carboxylic acids is 1. The molecule has 0 saturated carbocycles. The number of benzene rings is 3. The molecule has 0 spiro atoms. The normalized spacial score (nSPS) is 11.2. The van der Waals surface area contributed by atoms with Crippen LogP contribution < -0.4 is 9.47 Å². The van der Waals surface area contributed by atoms with Crippen molar-refractivity contribution in [2.24, 2.45) is 0 Å². The average molecular weight is 441 g/mol. The molecule has 154 valence electrons. The molecule has 3 aromatic rings. The molecule has 0 fully saturated rings. The van der Waals surface area contributed by atoms with Crippen LogP contribution >= 0.6 is 23.4 Å². The fourth-order valence-electron chi connectivity index (χ4n) is 2.84. The Bertz CT molecular complexity index is 1020. The molecule has 30 heavy (non-hydrogen) atoms. The molecule has 0 aliphatic heterocycles. The minimum absolute atomic E-state index is 0.395. The van der Waals surface area contributed by atoms with E-state index in [4.69, 9.17) is 26.2 Å². The van der Waals surface area contributed by atoms with Crippen LogP contribution in [0.5, 0.6) is 11.5 Å². The van der Waals surface area contributed by atoms with Crippen molar-refractivity contribution in [3.05, 3.63) is 95.0 Å². The van der Waals surface area contributed by atoms with Crippen LogP contribution in [0.2, 0.25) is 5.02 Å². The first-order valence-electron chi connectivity index (χ1n) is 9.24. The van der Waals surface area contributed by atoms with E-state index >= 15 is 0 Å². The molecule has 0 aromatic heterocycles. The molecule has 0 aliphatic rings. The minimum atomic E-state index is -1.03. The third-order valence-corrected chi connectivity index (χ3v) is 5.70. The van der Waals surface area contributed by atoms with Crippen LogP contribution in [0, 0.1) is 0 Å². The zero-order valence-corrected chi connectivity index (χ0v) is 18.0. The Kier molecular flexibility index (Phi) is 7.82. The number of thioether (sulfide) groups is 1. The molecule has 3 aromatic carbocycles. The summed E-state index contributed by atoms with van der Waals surface area (Å²) in [4.78, 5) is 11.5. The number of aliphatic carboxylic acids is 1. The summed E-state index contributed by atoms with van der Waals surface area (Å²) in [6.45, 7) is -0.395. The Labute approximate surface area is 185 Å². The van der Waals surface area contributed by atoms with Crippen LogP contribution in [0.4, 0.5) is 0 Å². The predicted octanol–water partition coefficient (Wildman–Crippen LogP) is 6.04. The maximum atomic E-state index is 10.6. The van der Waals surface area contributed by atoms with Crippen molar-refractivity contribution in [2.45, 2.75) is 4.90 Å². The van der Waals surface area contributed by atoms with Gasteiger partial charge in [-0.2, -0.15) is 0 Å². The molecule has 0 amide bonds. The predicted molar refractivity (Wildman–Crippen MR) is 122 cm³/mol.